The van der Waals surface area contributed by atoms with E-state index in [1.807, 2.05) is 14.1 Å². The van der Waals surface area contributed by atoms with Crippen LogP contribution in [0.15, 0.2) is 0 Å². The van der Waals surface area contributed by atoms with E-state index in [-0.39, 0.29) is 19.2 Å². The van der Waals surface area contributed by atoms with E-state index in [9.17, 15) is 9.90 Å². The lowest BCUT2D eigenvalue weighted by molar-refractivity contribution is -0.893. The van der Waals surface area contributed by atoms with Crippen LogP contribution in [0.25, 0.3) is 0 Å². The smallest absolute Gasteiger partial charge is 0.305 e. The molecule has 1 atom stereocenters. The summed E-state index contributed by atoms with van der Waals surface area (Å²) in [6.07, 6.45) is 10.8. The largest absolute Gasteiger partial charge is 0.463 e. The Hall–Kier alpha value is -0.650. The maximum atomic E-state index is 11.7. The van der Waals surface area contributed by atoms with Gasteiger partial charge in [0.2, 0.25) is 0 Å². The van der Waals surface area contributed by atoms with Crippen LogP contribution in [0, 0.1) is 0 Å². The summed E-state index contributed by atoms with van der Waals surface area (Å²) < 4.78 is 5.65. The van der Waals surface area contributed by atoms with Gasteiger partial charge in [0.05, 0.1) is 20.7 Å². The number of rotatable bonds is 16. The van der Waals surface area contributed by atoms with E-state index in [0.29, 0.717) is 24.0 Å². The normalized spacial score (nSPS) is 13.0. The Morgan fingerprint density at radius 2 is 1.54 bits per heavy atom. The van der Waals surface area contributed by atoms with Crippen molar-refractivity contribution in [3.8, 4) is 0 Å². The minimum absolute atomic E-state index is 0.0450. The summed E-state index contributed by atoms with van der Waals surface area (Å²) in [5.41, 5.74) is 0. The van der Waals surface area contributed by atoms with Crippen LogP contribution in [0.3, 0.4) is 0 Å². The molecule has 0 aromatic carbocycles. The number of aliphatic hydroxyl groups excluding tert-OH is 2. The zero-order valence-corrected chi connectivity index (χ0v) is 16.1. The molecule has 24 heavy (non-hydrogen) atoms. The SMILES string of the molecule is CCCCCCCCCCCC(=O)OCC(O)C[N+](C)(C)CCO. The molecule has 0 aliphatic rings. The number of carbonyl (C=O) groups excluding carboxylic acids is 1. The minimum Gasteiger partial charge on any atom is -0.463 e. The summed E-state index contributed by atoms with van der Waals surface area (Å²) in [7, 11) is 3.87. The van der Waals surface area contributed by atoms with Gasteiger partial charge in [-0.1, -0.05) is 58.3 Å². The Balaban J connectivity index is 3.52. The first kappa shape index (κ1) is 23.4. The first-order valence-electron chi connectivity index (χ1n) is 9.68. The van der Waals surface area contributed by atoms with Crippen molar-refractivity contribution >= 4 is 5.97 Å². The number of likely N-dealkylation sites (N-methyl/N-ethyl adjacent to an activating group) is 1. The van der Waals surface area contributed by atoms with Gasteiger partial charge in [-0.25, -0.2) is 0 Å². The van der Waals surface area contributed by atoms with Crippen molar-refractivity contribution in [1.29, 1.82) is 0 Å². The Labute approximate surface area is 148 Å². The van der Waals surface area contributed by atoms with Crippen LogP contribution in [-0.4, -0.2) is 67.2 Å². The number of ether oxygens (including phenoxy) is 1. The highest BCUT2D eigenvalue weighted by Gasteiger charge is 2.21. The maximum Gasteiger partial charge on any atom is 0.305 e. The van der Waals surface area contributed by atoms with Crippen molar-refractivity contribution in [3.05, 3.63) is 0 Å². The van der Waals surface area contributed by atoms with Crippen LogP contribution in [0.1, 0.15) is 71.1 Å². The quantitative estimate of drug-likeness (QED) is 0.256. The van der Waals surface area contributed by atoms with Gasteiger partial charge in [0.1, 0.15) is 25.8 Å². The molecule has 0 radical (unpaired) electrons. The Morgan fingerprint density at radius 1 is 1.00 bits per heavy atom. The summed E-state index contributed by atoms with van der Waals surface area (Å²) in [4.78, 5) is 11.7. The Morgan fingerprint density at radius 3 is 2.08 bits per heavy atom. The van der Waals surface area contributed by atoms with E-state index in [2.05, 4.69) is 6.92 Å². The lowest BCUT2D eigenvalue weighted by Gasteiger charge is -2.30. The van der Waals surface area contributed by atoms with E-state index < -0.39 is 6.10 Å². The molecule has 0 fully saturated rings. The summed E-state index contributed by atoms with van der Waals surface area (Å²) in [5, 5.41) is 18.9. The molecule has 0 spiro atoms. The van der Waals surface area contributed by atoms with E-state index in [1.54, 1.807) is 0 Å². The number of carbonyl (C=O) groups is 1. The molecule has 0 saturated heterocycles. The fraction of sp³-hybridized carbons (Fsp3) is 0.947. The molecule has 5 heteroatoms. The third kappa shape index (κ3) is 14.9. The molecule has 0 aliphatic heterocycles. The summed E-state index contributed by atoms with van der Waals surface area (Å²) >= 11 is 0. The molecule has 0 amide bonds. The second-order valence-electron chi connectivity index (χ2n) is 7.48. The highest BCUT2D eigenvalue weighted by atomic mass is 16.5. The lowest BCUT2D eigenvalue weighted by atomic mass is 10.1. The van der Waals surface area contributed by atoms with Crippen LogP contribution in [0.4, 0.5) is 0 Å². The molecule has 0 aliphatic carbocycles. The molecular formula is C19H40NO4+. The molecule has 5 nitrogen and oxygen atoms in total. The fourth-order valence-electron chi connectivity index (χ4n) is 2.83. The molecule has 0 aromatic heterocycles. The van der Waals surface area contributed by atoms with Crippen LogP contribution in [-0.2, 0) is 9.53 Å². The molecule has 0 rings (SSSR count). The fourth-order valence-corrected chi connectivity index (χ4v) is 2.83. The summed E-state index contributed by atoms with van der Waals surface area (Å²) in [6.45, 7) is 3.39. The van der Waals surface area contributed by atoms with Crippen LogP contribution in [0.5, 0.6) is 0 Å². The number of esters is 1. The van der Waals surface area contributed by atoms with Gasteiger partial charge in [0.25, 0.3) is 0 Å². The van der Waals surface area contributed by atoms with Crippen molar-refractivity contribution in [2.75, 3.05) is 40.4 Å². The molecular weight excluding hydrogens is 306 g/mol. The van der Waals surface area contributed by atoms with E-state index >= 15 is 0 Å². The van der Waals surface area contributed by atoms with Crippen molar-refractivity contribution in [1.82, 2.24) is 0 Å². The molecule has 0 heterocycles. The molecule has 144 valence electrons. The predicted molar refractivity (Wildman–Crippen MR) is 97.7 cm³/mol. The van der Waals surface area contributed by atoms with E-state index in [4.69, 9.17) is 9.84 Å². The minimum atomic E-state index is -0.682. The number of quaternary nitrogens is 1. The summed E-state index contributed by atoms with van der Waals surface area (Å²) in [5.74, 6) is -0.218. The van der Waals surface area contributed by atoms with Gasteiger partial charge in [-0.2, -0.15) is 0 Å². The Bertz CT molecular complexity index is 308. The second-order valence-corrected chi connectivity index (χ2v) is 7.48. The Kier molecular flexibility index (Phi) is 14.3. The van der Waals surface area contributed by atoms with Crippen molar-refractivity contribution < 1.29 is 24.2 Å². The number of hydrogen-bond acceptors (Lipinski definition) is 4. The third-order valence-corrected chi connectivity index (χ3v) is 4.33. The van der Waals surface area contributed by atoms with Crippen LogP contribution < -0.4 is 0 Å². The standard InChI is InChI=1S/C19H40NO4/c1-4-5-6-7-8-9-10-11-12-13-19(23)24-17-18(22)16-20(2,3)14-15-21/h18,21-22H,4-17H2,1-3H3/q+1. The molecule has 2 N–H and O–H groups in total. The van der Waals surface area contributed by atoms with Crippen LogP contribution in [0.2, 0.25) is 0 Å². The molecule has 0 saturated carbocycles. The topological polar surface area (TPSA) is 66.8 Å². The summed E-state index contributed by atoms with van der Waals surface area (Å²) in [6, 6.07) is 0. The van der Waals surface area contributed by atoms with Gasteiger partial charge in [-0.15, -0.1) is 0 Å². The highest BCUT2D eigenvalue weighted by molar-refractivity contribution is 5.69. The van der Waals surface area contributed by atoms with Gasteiger partial charge >= 0.3 is 5.97 Å². The predicted octanol–water partition coefficient (Wildman–Crippen LogP) is 2.88. The number of nitrogens with zero attached hydrogens (tertiary/aromatic N) is 1. The van der Waals surface area contributed by atoms with Crippen LogP contribution >= 0.6 is 0 Å². The van der Waals surface area contributed by atoms with Gasteiger partial charge in [-0.05, 0) is 6.42 Å². The zero-order chi connectivity index (χ0) is 18.3. The highest BCUT2D eigenvalue weighted by Crippen LogP contribution is 2.11. The van der Waals surface area contributed by atoms with E-state index in [0.717, 1.165) is 12.8 Å². The second kappa shape index (κ2) is 14.7. The first-order valence-corrected chi connectivity index (χ1v) is 9.68. The van der Waals surface area contributed by atoms with Gasteiger partial charge in [-0.3, -0.25) is 4.79 Å². The first-order chi connectivity index (χ1) is 11.4. The van der Waals surface area contributed by atoms with E-state index in [1.165, 1.54) is 44.9 Å². The van der Waals surface area contributed by atoms with Gasteiger partial charge in [0, 0.05) is 6.42 Å². The van der Waals surface area contributed by atoms with Crippen molar-refractivity contribution in [3.63, 3.8) is 0 Å². The zero-order valence-electron chi connectivity index (χ0n) is 16.1. The van der Waals surface area contributed by atoms with Gasteiger partial charge in [0.15, 0.2) is 0 Å². The third-order valence-electron chi connectivity index (χ3n) is 4.33. The van der Waals surface area contributed by atoms with Gasteiger partial charge < -0.3 is 19.4 Å². The molecule has 0 bridgehead atoms. The lowest BCUT2D eigenvalue weighted by Crippen LogP contribution is -2.48. The van der Waals surface area contributed by atoms with Crippen molar-refractivity contribution in [2.45, 2.75) is 77.2 Å². The molecule has 1 unspecified atom stereocenters. The molecule has 0 aromatic rings. The number of unbranched alkanes of at least 4 members (excludes halogenated alkanes) is 8. The average molecular weight is 347 g/mol. The average Bonchev–Trinajstić information content (AvgIpc) is 2.50. The number of aliphatic hydroxyl groups is 2. The number of hydrogen-bond donors (Lipinski definition) is 2. The monoisotopic (exact) mass is 346 g/mol. The van der Waals surface area contributed by atoms with Crippen molar-refractivity contribution in [2.24, 2.45) is 0 Å². The maximum absolute atomic E-state index is 11.7.